The van der Waals surface area contributed by atoms with Crippen molar-refractivity contribution in [3.8, 4) is 0 Å². The molecule has 0 aromatic rings. The van der Waals surface area contributed by atoms with Crippen molar-refractivity contribution in [3.05, 3.63) is 0 Å². The molecule has 8 atom stereocenters. The van der Waals surface area contributed by atoms with Gasteiger partial charge in [-0.05, 0) is 6.92 Å². The molecule has 1 fully saturated rings. The quantitative estimate of drug-likeness (QED) is 0.272. The molecule has 0 saturated carbocycles. The minimum Gasteiger partial charge on any atom is -0.391 e. The Morgan fingerprint density at radius 1 is 0.944 bits per heavy atom. The molecule has 108 valence electrons. The molecule has 0 unspecified atom stereocenters. The molecule has 8 nitrogen and oxygen atoms in total. The maximum atomic E-state index is 9.74. The van der Waals surface area contributed by atoms with Gasteiger partial charge in [0.1, 0.15) is 42.7 Å². The lowest BCUT2D eigenvalue weighted by Crippen LogP contribution is -2.60. The third-order valence-electron chi connectivity index (χ3n) is 3.07. The lowest BCUT2D eigenvalue weighted by atomic mass is 9.91. The largest absolute Gasteiger partial charge is 0.391 e. The molecule has 0 bridgehead atoms. The van der Waals surface area contributed by atoms with Crippen LogP contribution in [0, 0.1) is 0 Å². The third kappa shape index (κ3) is 3.16. The smallest absolute Gasteiger partial charge is 0.115 e. The molecule has 1 saturated heterocycles. The summed E-state index contributed by atoms with van der Waals surface area (Å²) in [5.41, 5.74) is 0. The van der Waals surface area contributed by atoms with Crippen LogP contribution in [0.25, 0.3) is 0 Å². The predicted octanol–water partition coefficient (Wildman–Crippen LogP) is -4.07. The van der Waals surface area contributed by atoms with E-state index < -0.39 is 48.8 Å². The SMILES string of the molecule is C[C@@H](O)[C@@H](O)[C@H](O)[C@@H](O)[C@H]1OC[C@H](O)[C@@H](O)[C@@H]1O. The topological polar surface area (TPSA) is 151 Å². The lowest BCUT2D eigenvalue weighted by Gasteiger charge is -2.39. The van der Waals surface area contributed by atoms with Gasteiger partial charge in [-0.2, -0.15) is 0 Å². The highest BCUT2D eigenvalue weighted by Crippen LogP contribution is 2.21. The molecular formula is C10H20O8. The second-order valence-electron chi connectivity index (χ2n) is 4.56. The zero-order valence-electron chi connectivity index (χ0n) is 9.86. The fraction of sp³-hybridized carbons (Fsp3) is 1.00. The van der Waals surface area contributed by atoms with Crippen LogP contribution in [0.2, 0.25) is 0 Å². The minimum absolute atomic E-state index is 0.322. The van der Waals surface area contributed by atoms with Crippen LogP contribution in [0.1, 0.15) is 6.92 Å². The second-order valence-corrected chi connectivity index (χ2v) is 4.56. The Hall–Kier alpha value is -0.320. The Morgan fingerprint density at radius 2 is 1.50 bits per heavy atom. The standard InChI is InChI=1S/C10H20O8/c1-3(11)5(13)7(15)9(17)10-8(16)6(14)4(12)2-18-10/h3-17H,2H2,1H3/t3-,4+,5-,6-,7+,8+,9-,10+/m1/s1. The van der Waals surface area contributed by atoms with Crippen LogP contribution in [0.5, 0.6) is 0 Å². The van der Waals surface area contributed by atoms with Gasteiger partial charge in [-0.3, -0.25) is 0 Å². The molecule has 8 heteroatoms. The van der Waals surface area contributed by atoms with Crippen molar-refractivity contribution in [2.24, 2.45) is 0 Å². The molecular weight excluding hydrogens is 248 g/mol. The van der Waals surface area contributed by atoms with Gasteiger partial charge in [0.05, 0.1) is 12.7 Å². The first-order valence-corrected chi connectivity index (χ1v) is 5.65. The van der Waals surface area contributed by atoms with Gasteiger partial charge in [-0.1, -0.05) is 0 Å². The van der Waals surface area contributed by atoms with Crippen molar-refractivity contribution in [2.75, 3.05) is 6.61 Å². The van der Waals surface area contributed by atoms with Gasteiger partial charge in [-0.25, -0.2) is 0 Å². The summed E-state index contributed by atoms with van der Waals surface area (Å²) in [5, 5.41) is 66.0. The first-order chi connectivity index (χ1) is 8.27. The van der Waals surface area contributed by atoms with Gasteiger partial charge >= 0.3 is 0 Å². The zero-order valence-corrected chi connectivity index (χ0v) is 9.86. The van der Waals surface area contributed by atoms with Crippen molar-refractivity contribution in [1.82, 2.24) is 0 Å². The molecule has 18 heavy (non-hydrogen) atoms. The van der Waals surface area contributed by atoms with Crippen molar-refractivity contribution < 1.29 is 40.5 Å². The van der Waals surface area contributed by atoms with Crippen LogP contribution in [-0.4, -0.2) is 91.2 Å². The van der Waals surface area contributed by atoms with Crippen molar-refractivity contribution in [1.29, 1.82) is 0 Å². The highest BCUT2D eigenvalue weighted by Gasteiger charge is 2.44. The maximum Gasteiger partial charge on any atom is 0.115 e. The van der Waals surface area contributed by atoms with Crippen LogP contribution in [0.3, 0.4) is 0 Å². The normalized spacial score (nSPS) is 40.0. The van der Waals surface area contributed by atoms with E-state index in [1.807, 2.05) is 0 Å². The van der Waals surface area contributed by atoms with Crippen LogP contribution in [0.15, 0.2) is 0 Å². The first-order valence-electron chi connectivity index (χ1n) is 5.65. The van der Waals surface area contributed by atoms with E-state index in [0.717, 1.165) is 0 Å². The monoisotopic (exact) mass is 268 g/mol. The van der Waals surface area contributed by atoms with Gasteiger partial charge < -0.3 is 40.5 Å². The highest BCUT2D eigenvalue weighted by molar-refractivity contribution is 4.94. The summed E-state index contributed by atoms with van der Waals surface area (Å²) >= 11 is 0. The average Bonchev–Trinajstić information content (AvgIpc) is 2.33. The number of ether oxygens (including phenoxy) is 1. The van der Waals surface area contributed by atoms with E-state index in [2.05, 4.69) is 0 Å². The molecule has 0 amide bonds. The number of hydrogen-bond donors (Lipinski definition) is 7. The van der Waals surface area contributed by atoms with Crippen molar-refractivity contribution in [2.45, 2.75) is 55.8 Å². The Kier molecular flexibility index (Phi) is 5.44. The third-order valence-corrected chi connectivity index (χ3v) is 3.07. The van der Waals surface area contributed by atoms with Crippen LogP contribution in [-0.2, 0) is 4.74 Å². The number of hydrogen-bond acceptors (Lipinski definition) is 8. The Balaban J connectivity index is 2.69. The summed E-state index contributed by atoms with van der Waals surface area (Å²) in [6.07, 6.45) is -12.2. The summed E-state index contributed by atoms with van der Waals surface area (Å²) in [5.74, 6) is 0. The average molecular weight is 268 g/mol. The molecule has 0 spiro atoms. The van der Waals surface area contributed by atoms with Crippen molar-refractivity contribution >= 4 is 0 Å². The molecule has 1 aliphatic heterocycles. The summed E-state index contributed by atoms with van der Waals surface area (Å²) < 4.78 is 4.92. The van der Waals surface area contributed by atoms with E-state index >= 15 is 0 Å². The van der Waals surface area contributed by atoms with Gasteiger partial charge in [-0.15, -0.1) is 0 Å². The first kappa shape index (κ1) is 15.7. The van der Waals surface area contributed by atoms with Crippen LogP contribution >= 0.6 is 0 Å². The van der Waals surface area contributed by atoms with Crippen LogP contribution in [0.4, 0.5) is 0 Å². The summed E-state index contributed by atoms with van der Waals surface area (Å²) in [6.45, 7) is 0.898. The minimum atomic E-state index is -1.76. The molecule has 1 heterocycles. The Morgan fingerprint density at radius 3 is 2.00 bits per heavy atom. The van der Waals surface area contributed by atoms with E-state index in [-0.39, 0.29) is 6.61 Å². The van der Waals surface area contributed by atoms with E-state index in [9.17, 15) is 30.6 Å². The number of aliphatic hydroxyl groups excluding tert-OH is 7. The van der Waals surface area contributed by atoms with Gasteiger partial charge in [0.25, 0.3) is 0 Å². The predicted molar refractivity (Wildman–Crippen MR) is 57.5 cm³/mol. The highest BCUT2D eigenvalue weighted by atomic mass is 16.5. The second kappa shape index (κ2) is 6.22. The summed E-state index contributed by atoms with van der Waals surface area (Å²) in [6, 6.07) is 0. The van der Waals surface area contributed by atoms with Gasteiger partial charge in [0, 0.05) is 0 Å². The number of rotatable bonds is 4. The summed E-state index contributed by atoms with van der Waals surface area (Å²) in [4.78, 5) is 0. The maximum absolute atomic E-state index is 9.74. The molecule has 0 aliphatic carbocycles. The molecule has 0 aromatic heterocycles. The van der Waals surface area contributed by atoms with Crippen molar-refractivity contribution in [3.63, 3.8) is 0 Å². The van der Waals surface area contributed by atoms with Gasteiger partial charge in [0.2, 0.25) is 0 Å². The fourth-order valence-corrected chi connectivity index (χ4v) is 1.81. The molecule has 7 N–H and O–H groups in total. The molecule has 1 rings (SSSR count). The zero-order chi connectivity index (χ0) is 14.0. The van der Waals surface area contributed by atoms with E-state index in [1.165, 1.54) is 6.92 Å². The fourth-order valence-electron chi connectivity index (χ4n) is 1.81. The summed E-state index contributed by atoms with van der Waals surface area (Å²) in [7, 11) is 0. The Bertz CT molecular complexity index is 260. The van der Waals surface area contributed by atoms with Gasteiger partial charge in [0.15, 0.2) is 0 Å². The lowest BCUT2D eigenvalue weighted by molar-refractivity contribution is -0.231. The van der Waals surface area contributed by atoms with E-state index in [4.69, 9.17) is 9.84 Å². The molecule has 1 aliphatic rings. The number of aliphatic hydroxyl groups is 7. The molecule has 0 radical (unpaired) electrons. The van der Waals surface area contributed by atoms with Crippen LogP contribution < -0.4 is 0 Å². The van der Waals surface area contributed by atoms with E-state index in [1.54, 1.807) is 0 Å². The van der Waals surface area contributed by atoms with E-state index in [0.29, 0.717) is 0 Å². The Labute approximate surface area is 104 Å². The molecule has 0 aromatic carbocycles.